The molecule has 1 heterocycles. The molecule has 2 rings (SSSR count). The zero-order chi connectivity index (χ0) is 15.6. The first kappa shape index (κ1) is 16.0. The minimum atomic E-state index is 0.157. The Kier molecular flexibility index (Phi) is 4.72. The second kappa shape index (κ2) is 6.18. The Hall–Kier alpha value is -1.35. The van der Waals surface area contributed by atoms with Gasteiger partial charge in [0, 0.05) is 26.2 Å². The van der Waals surface area contributed by atoms with Crippen molar-refractivity contribution in [3.05, 3.63) is 34.9 Å². The summed E-state index contributed by atoms with van der Waals surface area (Å²) < 4.78 is 0. The predicted molar refractivity (Wildman–Crippen MR) is 87.7 cm³/mol. The second-order valence-corrected chi connectivity index (χ2v) is 7.25. The maximum Gasteiger partial charge on any atom is 0.227 e. The molecule has 0 N–H and O–H groups in total. The quantitative estimate of drug-likeness (QED) is 0.835. The first-order valence-electron chi connectivity index (χ1n) is 7.83. The third-order valence-electron chi connectivity index (χ3n) is 4.41. The van der Waals surface area contributed by atoms with E-state index in [2.05, 4.69) is 57.8 Å². The second-order valence-electron chi connectivity index (χ2n) is 7.25. The number of piperazine rings is 1. The van der Waals surface area contributed by atoms with Crippen molar-refractivity contribution >= 4 is 5.91 Å². The van der Waals surface area contributed by atoms with Crippen LogP contribution >= 0.6 is 0 Å². The number of amides is 1. The van der Waals surface area contributed by atoms with Gasteiger partial charge in [-0.3, -0.25) is 4.79 Å². The van der Waals surface area contributed by atoms with E-state index in [0.717, 1.165) is 31.7 Å². The Bertz CT molecular complexity index is 508. The summed E-state index contributed by atoms with van der Waals surface area (Å²) in [5.74, 6) is 0.259. The van der Waals surface area contributed by atoms with Crippen molar-refractivity contribution in [1.29, 1.82) is 0 Å². The first-order chi connectivity index (χ1) is 9.77. The lowest BCUT2D eigenvalue weighted by Gasteiger charge is -2.32. The van der Waals surface area contributed by atoms with Crippen LogP contribution in [0.4, 0.5) is 0 Å². The molecule has 1 aromatic carbocycles. The highest BCUT2D eigenvalue weighted by molar-refractivity contribution is 5.79. The van der Waals surface area contributed by atoms with Gasteiger partial charge in [-0.25, -0.2) is 0 Å². The first-order valence-corrected chi connectivity index (χ1v) is 7.83. The molecule has 0 unspecified atom stereocenters. The standard InChI is InChI=1S/C18H28N2O/c1-14-12-16(18(2,3)4)7-6-15(14)13-17(21)20-10-8-19(5)9-11-20/h6-7,12H,8-11,13H2,1-5H3. The Morgan fingerprint density at radius 1 is 1.14 bits per heavy atom. The molecule has 116 valence electrons. The summed E-state index contributed by atoms with van der Waals surface area (Å²) in [5.41, 5.74) is 3.87. The summed E-state index contributed by atoms with van der Waals surface area (Å²) in [5, 5.41) is 0. The van der Waals surface area contributed by atoms with Gasteiger partial charge in [0.05, 0.1) is 6.42 Å². The number of benzene rings is 1. The van der Waals surface area contributed by atoms with E-state index in [0.29, 0.717) is 6.42 Å². The number of hydrogen-bond donors (Lipinski definition) is 0. The molecule has 0 aliphatic carbocycles. The number of rotatable bonds is 2. The predicted octanol–water partition coefficient (Wildman–Crippen LogP) is 2.61. The van der Waals surface area contributed by atoms with Gasteiger partial charge in [-0.05, 0) is 36.1 Å². The van der Waals surface area contributed by atoms with E-state index in [1.165, 1.54) is 11.1 Å². The Morgan fingerprint density at radius 3 is 2.29 bits per heavy atom. The molecule has 0 spiro atoms. The van der Waals surface area contributed by atoms with E-state index in [1.807, 2.05) is 4.90 Å². The van der Waals surface area contributed by atoms with Gasteiger partial charge in [0.25, 0.3) is 0 Å². The van der Waals surface area contributed by atoms with Crippen LogP contribution in [0.15, 0.2) is 18.2 Å². The molecule has 0 atom stereocenters. The highest BCUT2D eigenvalue weighted by atomic mass is 16.2. The van der Waals surface area contributed by atoms with Gasteiger partial charge >= 0.3 is 0 Å². The smallest absolute Gasteiger partial charge is 0.227 e. The van der Waals surface area contributed by atoms with Crippen LogP contribution in [0, 0.1) is 6.92 Å². The SMILES string of the molecule is Cc1cc(C(C)(C)C)ccc1CC(=O)N1CCN(C)CC1. The van der Waals surface area contributed by atoms with Crippen molar-refractivity contribution in [3.8, 4) is 0 Å². The summed E-state index contributed by atoms with van der Waals surface area (Å²) in [6.45, 7) is 12.4. The summed E-state index contributed by atoms with van der Waals surface area (Å²) in [4.78, 5) is 16.7. The lowest BCUT2D eigenvalue weighted by molar-refractivity contribution is -0.132. The van der Waals surface area contributed by atoms with E-state index in [4.69, 9.17) is 0 Å². The Balaban J connectivity index is 2.04. The van der Waals surface area contributed by atoms with E-state index in [-0.39, 0.29) is 11.3 Å². The van der Waals surface area contributed by atoms with Crippen LogP contribution in [0.2, 0.25) is 0 Å². The molecule has 1 saturated heterocycles. The zero-order valence-electron chi connectivity index (χ0n) is 14.1. The van der Waals surface area contributed by atoms with Crippen LogP contribution in [0.3, 0.4) is 0 Å². The van der Waals surface area contributed by atoms with Crippen LogP contribution in [0.1, 0.15) is 37.5 Å². The Morgan fingerprint density at radius 2 is 1.76 bits per heavy atom. The number of carbonyl (C=O) groups excluding carboxylic acids is 1. The lowest BCUT2D eigenvalue weighted by Crippen LogP contribution is -2.47. The molecule has 3 heteroatoms. The molecule has 0 saturated carbocycles. The molecule has 0 bridgehead atoms. The molecule has 1 amide bonds. The number of hydrogen-bond acceptors (Lipinski definition) is 2. The van der Waals surface area contributed by atoms with E-state index in [1.54, 1.807) is 0 Å². The van der Waals surface area contributed by atoms with Gasteiger partial charge in [0.15, 0.2) is 0 Å². The van der Waals surface area contributed by atoms with Crippen LogP contribution in [0.25, 0.3) is 0 Å². The van der Waals surface area contributed by atoms with Crippen LogP contribution in [-0.4, -0.2) is 48.9 Å². The van der Waals surface area contributed by atoms with Crippen molar-refractivity contribution < 1.29 is 4.79 Å². The Labute approximate surface area is 128 Å². The van der Waals surface area contributed by atoms with Gasteiger partial charge in [-0.15, -0.1) is 0 Å². The summed E-state index contributed by atoms with van der Waals surface area (Å²) in [6, 6.07) is 6.52. The van der Waals surface area contributed by atoms with Crippen LogP contribution < -0.4 is 0 Å². The molecule has 3 nitrogen and oxygen atoms in total. The minimum absolute atomic E-state index is 0.157. The molecule has 0 radical (unpaired) electrons. The molecular formula is C18H28N2O. The monoisotopic (exact) mass is 288 g/mol. The maximum atomic E-state index is 12.4. The summed E-state index contributed by atoms with van der Waals surface area (Å²) in [6.07, 6.45) is 0.528. The highest BCUT2D eigenvalue weighted by Crippen LogP contribution is 2.24. The molecule has 1 aromatic rings. The molecule has 21 heavy (non-hydrogen) atoms. The van der Waals surface area contributed by atoms with E-state index >= 15 is 0 Å². The molecule has 1 aliphatic rings. The third-order valence-corrected chi connectivity index (χ3v) is 4.41. The fourth-order valence-electron chi connectivity index (χ4n) is 2.69. The van der Waals surface area contributed by atoms with Gasteiger partial charge in [0.1, 0.15) is 0 Å². The van der Waals surface area contributed by atoms with Gasteiger partial charge in [-0.2, -0.15) is 0 Å². The maximum absolute atomic E-state index is 12.4. The number of likely N-dealkylation sites (N-methyl/N-ethyl adjacent to an activating group) is 1. The normalized spacial score (nSPS) is 17.1. The largest absolute Gasteiger partial charge is 0.340 e. The number of carbonyl (C=O) groups is 1. The summed E-state index contributed by atoms with van der Waals surface area (Å²) in [7, 11) is 2.11. The van der Waals surface area contributed by atoms with Crippen molar-refractivity contribution in [1.82, 2.24) is 9.80 Å². The zero-order valence-corrected chi connectivity index (χ0v) is 14.1. The van der Waals surface area contributed by atoms with Gasteiger partial charge in [0.2, 0.25) is 5.91 Å². The van der Waals surface area contributed by atoms with Gasteiger partial charge < -0.3 is 9.80 Å². The average Bonchev–Trinajstić information content (AvgIpc) is 2.40. The fourth-order valence-corrected chi connectivity index (χ4v) is 2.69. The fraction of sp³-hybridized carbons (Fsp3) is 0.611. The van der Waals surface area contributed by atoms with Crippen molar-refractivity contribution in [2.24, 2.45) is 0 Å². The van der Waals surface area contributed by atoms with Gasteiger partial charge in [-0.1, -0.05) is 39.0 Å². The topological polar surface area (TPSA) is 23.6 Å². The van der Waals surface area contributed by atoms with Crippen molar-refractivity contribution in [2.45, 2.75) is 39.5 Å². The lowest BCUT2D eigenvalue weighted by atomic mass is 9.85. The molecule has 0 aromatic heterocycles. The summed E-state index contributed by atoms with van der Waals surface area (Å²) >= 11 is 0. The van der Waals surface area contributed by atoms with Crippen LogP contribution in [-0.2, 0) is 16.6 Å². The molecule has 1 aliphatic heterocycles. The van der Waals surface area contributed by atoms with Crippen molar-refractivity contribution in [3.63, 3.8) is 0 Å². The minimum Gasteiger partial charge on any atom is -0.340 e. The molecule has 1 fully saturated rings. The highest BCUT2D eigenvalue weighted by Gasteiger charge is 2.20. The average molecular weight is 288 g/mol. The van der Waals surface area contributed by atoms with E-state index in [9.17, 15) is 4.79 Å². The van der Waals surface area contributed by atoms with Crippen LogP contribution in [0.5, 0.6) is 0 Å². The molecular weight excluding hydrogens is 260 g/mol. The van der Waals surface area contributed by atoms with Crippen molar-refractivity contribution in [2.75, 3.05) is 33.2 Å². The van der Waals surface area contributed by atoms with E-state index < -0.39 is 0 Å². The number of aryl methyl sites for hydroxylation is 1. The number of nitrogens with zero attached hydrogens (tertiary/aromatic N) is 2. The third kappa shape index (κ3) is 4.07.